The second kappa shape index (κ2) is 9.18. The molecule has 3 aromatic rings. The van der Waals surface area contributed by atoms with Gasteiger partial charge >= 0.3 is 6.09 Å². The molecule has 1 N–H and O–H groups in total. The molecular formula is C25H26N4O3. The van der Waals surface area contributed by atoms with Crippen LogP contribution in [0.3, 0.4) is 0 Å². The van der Waals surface area contributed by atoms with Crippen LogP contribution < -0.4 is 10.2 Å². The van der Waals surface area contributed by atoms with E-state index in [0.717, 1.165) is 5.56 Å². The van der Waals surface area contributed by atoms with Gasteiger partial charge in [-0.15, -0.1) is 0 Å². The second-order valence-electron chi connectivity index (χ2n) is 8.18. The van der Waals surface area contributed by atoms with Crippen molar-refractivity contribution < 1.29 is 14.3 Å². The molecule has 2 heterocycles. The maximum absolute atomic E-state index is 12.6. The molecule has 1 saturated heterocycles. The summed E-state index contributed by atoms with van der Waals surface area (Å²) in [6, 6.07) is 18.3. The predicted molar refractivity (Wildman–Crippen MR) is 123 cm³/mol. The molecule has 0 bridgehead atoms. The van der Waals surface area contributed by atoms with Gasteiger partial charge < -0.3 is 10.1 Å². The SMILES string of the molecule is CC(C)[C@H]1COC(=O)N1c1ccnc(N[C@@H](C)c2ccc(C(=O)c3ccccc3)cc2)n1. The molecule has 2 aromatic carbocycles. The van der Waals surface area contributed by atoms with Gasteiger partial charge in [-0.05, 0) is 24.5 Å². The summed E-state index contributed by atoms with van der Waals surface area (Å²) in [6.07, 6.45) is 1.24. The number of hydrogen-bond donors (Lipinski definition) is 1. The molecular weight excluding hydrogens is 404 g/mol. The molecule has 7 nitrogen and oxygen atoms in total. The van der Waals surface area contributed by atoms with E-state index in [1.807, 2.05) is 75.4 Å². The Kier molecular flexibility index (Phi) is 6.16. The first kappa shape index (κ1) is 21.5. The summed E-state index contributed by atoms with van der Waals surface area (Å²) in [5.74, 6) is 1.16. The van der Waals surface area contributed by atoms with Crippen LogP contribution in [0.2, 0.25) is 0 Å². The number of benzene rings is 2. The maximum atomic E-state index is 12.6. The fourth-order valence-corrected chi connectivity index (χ4v) is 3.70. The summed E-state index contributed by atoms with van der Waals surface area (Å²) >= 11 is 0. The lowest BCUT2D eigenvalue weighted by Crippen LogP contribution is -2.37. The number of rotatable bonds is 7. The number of hydrogen-bond acceptors (Lipinski definition) is 6. The van der Waals surface area contributed by atoms with Gasteiger partial charge in [-0.1, -0.05) is 68.4 Å². The number of cyclic esters (lactones) is 1. The normalized spacial score (nSPS) is 16.7. The minimum Gasteiger partial charge on any atom is -0.447 e. The van der Waals surface area contributed by atoms with Crippen LogP contribution in [-0.4, -0.2) is 34.5 Å². The van der Waals surface area contributed by atoms with Crippen molar-refractivity contribution in [1.82, 2.24) is 9.97 Å². The number of nitrogens with one attached hydrogen (secondary N) is 1. The number of ketones is 1. The van der Waals surface area contributed by atoms with Crippen LogP contribution in [0.5, 0.6) is 0 Å². The van der Waals surface area contributed by atoms with Gasteiger partial charge in [0.25, 0.3) is 0 Å². The maximum Gasteiger partial charge on any atom is 0.415 e. The molecule has 1 fully saturated rings. The summed E-state index contributed by atoms with van der Waals surface area (Å²) in [7, 11) is 0. The van der Waals surface area contributed by atoms with Gasteiger partial charge in [-0.2, -0.15) is 4.98 Å². The Morgan fingerprint density at radius 2 is 1.72 bits per heavy atom. The van der Waals surface area contributed by atoms with Crippen molar-refractivity contribution in [3.05, 3.63) is 83.6 Å². The van der Waals surface area contributed by atoms with Crippen LogP contribution >= 0.6 is 0 Å². The molecule has 2 atom stereocenters. The van der Waals surface area contributed by atoms with Crippen molar-refractivity contribution in [1.29, 1.82) is 0 Å². The third-order valence-electron chi connectivity index (χ3n) is 5.62. The standard InChI is InChI=1S/C25H26N4O3/c1-16(2)21-15-32-25(31)29(21)22-13-14-26-24(28-22)27-17(3)18-9-11-20(12-10-18)23(30)19-7-5-4-6-8-19/h4-14,16-17,21H,15H2,1-3H3,(H,26,27,28)/t17-,21+/m0/s1. The monoisotopic (exact) mass is 430 g/mol. The largest absolute Gasteiger partial charge is 0.447 e. The Morgan fingerprint density at radius 1 is 1.03 bits per heavy atom. The highest BCUT2D eigenvalue weighted by Crippen LogP contribution is 2.27. The molecule has 0 radical (unpaired) electrons. The summed E-state index contributed by atoms with van der Waals surface area (Å²) in [4.78, 5) is 35.3. The number of aromatic nitrogens is 2. The minimum atomic E-state index is -0.389. The van der Waals surface area contributed by atoms with E-state index in [-0.39, 0.29) is 29.9 Å². The van der Waals surface area contributed by atoms with Crippen molar-refractivity contribution in [3.63, 3.8) is 0 Å². The number of amides is 1. The average molecular weight is 431 g/mol. The quantitative estimate of drug-likeness (QED) is 0.539. The van der Waals surface area contributed by atoms with Crippen LogP contribution in [0, 0.1) is 5.92 Å². The summed E-state index contributed by atoms with van der Waals surface area (Å²) < 4.78 is 5.23. The smallest absolute Gasteiger partial charge is 0.415 e. The van der Waals surface area contributed by atoms with E-state index in [4.69, 9.17) is 4.74 Å². The van der Waals surface area contributed by atoms with E-state index in [2.05, 4.69) is 15.3 Å². The van der Waals surface area contributed by atoms with E-state index >= 15 is 0 Å². The van der Waals surface area contributed by atoms with Crippen molar-refractivity contribution in [2.24, 2.45) is 5.92 Å². The van der Waals surface area contributed by atoms with Gasteiger partial charge in [0.15, 0.2) is 5.78 Å². The zero-order valence-corrected chi connectivity index (χ0v) is 18.4. The fourth-order valence-electron chi connectivity index (χ4n) is 3.70. The third-order valence-corrected chi connectivity index (χ3v) is 5.62. The Bertz CT molecular complexity index is 1100. The molecule has 0 spiro atoms. The summed E-state index contributed by atoms with van der Waals surface area (Å²) in [6.45, 7) is 6.45. The Morgan fingerprint density at radius 3 is 2.41 bits per heavy atom. The van der Waals surface area contributed by atoms with Crippen molar-refractivity contribution in [2.75, 3.05) is 16.8 Å². The fraction of sp³-hybridized carbons (Fsp3) is 0.280. The number of ether oxygens (including phenoxy) is 1. The topological polar surface area (TPSA) is 84.4 Å². The number of nitrogens with zero attached hydrogens (tertiary/aromatic N) is 3. The van der Waals surface area contributed by atoms with Gasteiger partial charge in [0.2, 0.25) is 5.95 Å². The van der Waals surface area contributed by atoms with E-state index in [1.54, 1.807) is 17.2 Å². The van der Waals surface area contributed by atoms with Crippen molar-refractivity contribution in [2.45, 2.75) is 32.9 Å². The molecule has 32 heavy (non-hydrogen) atoms. The van der Waals surface area contributed by atoms with Crippen LogP contribution in [0.4, 0.5) is 16.6 Å². The van der Waals surface area contributed by atoms with E-state index in [0.29, 0.717) is 29.5 Å². The zero-order chi connectivity index (χ0) is 22.7. The highest BCUT2D eigenvalue weighted by molar-refractivity contribution is 6.08. The molecule has 1 aliphatic rings. The molecule has 4 rings (SSSR count). The number of anilines is 2. The highest BCUT2D eigenvalue weighted by Gasteiger charge is 2.37. The molecule has 0 saturated carbocycles. The predicted octanol–water partition coefficient (Wildman–Crippen LogP) is 4.86. The Balaban J connectivity index is 1.47. The van der Waals surface area contributed by atoms with Gasteiger partial charge in [0, 0.05) is 17.3 Å². The summed E-state index contributed by atoms with van der Waals surface area (Å²) in [5, 5.41) is 3.28. The van der Waals surface area contributed by atoms with E-state index in [1.165, 1.54) is 0 Å². The lowest BCUT2D eigenvalue weighted by molar-refractivity contribution is 0.103. The average Bonchev–Trinajstić information content (AvgIpc) is 3.21. The second-order valence-corrected chi connectivity index (χ2v) is 8.18. The molecule has 164 valence electrons. The molecule has 1 aromatic heterocycles. The Labute approximate surface area is 187 Å². The van der Waals surface area contributed by atoms with Gasteiger partial charge in [0.05, 0.1) is 12.1 Å². The van der Waals surface area contributed by atoms with Crippen molar-refractivity contribution >= 4 is 23.6 Å². The first-order chi connectivity index (χ1) is 15.4. The van der Waals surface area contributed by atoms with E-state index in [9.17, 15) is 9.59 Å². The number of carbonyl (C=O) groups excluding carboxylic acids is 2. The number of carbonyl (C=O) groups is 2. The van der Waals surface area contributed by atoms with Gasteiger partial charge in [-0.3, -0.25) is 9.69 Å². The molecule has 1 amide bonds. The van der Waals surface area contributed by atoms with Crippen LogP contribution in [0.1, 0.15) is 48.3 Å². The highest BCUT2D eigenvalue weighted by atomic mass is 16.6. The van der Waals surface area contributed by atoms with Crippen LogP contribution in [0.15, 0.2) is 66.9 Å². The van der Waals surface area contributed by atoms with E-state index < -0.39 is 0 Å². The van der Waals surface area contributed by atoms with Gasteiger partial charge in [0.1, 0.15) is 12.4 Å². The molecule has 7 heteroatoms. The minimum absolute atomic E-state index is 0.00833. The lowest BCUT2D eigenvalue weighted by Gasteiger charge is -2.23. The first-order valence-electron chi connectivity index (χ1n) is 10.7. The lowest BCUT2D eigenvalue weighted by atomic mass is 10.0. The first-order valence-corrected chi connectivity index (χ1v) is 10.7. The van der Waals surface area contributed by atoms with Crippen LogP contribution in [0.25, 0.3) is 0 Å². The van der Waals surface area contributed by atoms with Gasteiger partial charge in [-0.25, -0.2) is 9.78 Å². The molecule has 0 aliphatic carbocycles. The third kappa shape index (κ3) is 4.46. The molecule has 0 unspecified atom stereocenters. The van der Waals surface area contributed by atoms with Crippen molar-refractivity contribution in [3.8, 4) is 0 Å². The van der Waals surface area contributed by atoms with Crippen LogP contribution in [-0.2, 0) is 4.74 Å². The molecule has 1 aliphatic heterocycles. The zero-order valence-electron chi connectivity index (χ0n) is 18.4. The summed E-state index contributed by atoms with van der Waals surface area (Å²) in [5.41, 5.74) is 2.29. The Hall–Kier alpha value is -3.74.